The number of aryl methyl sites for hydroxylation is 1. The van der Waals surface area contributed by atoms with Crippen molar-refractivity contribution >= 4 is 6.03 Å². The molecule has 0 heterocycles. The molecule has 5 N–H and O–H groups in total. The molecule has 0 aliphatic heterocycles. The van der Waals surface area contributed by atoms with E-state index < -0.39 is 6.03 Å². The maximum absolute atomic E-state index is 10.9. The van der Waals surface area contributed by atoms with Gasteiger partial charge in [0.05, 0.1) is 0 Å². The molecular formula is C19H25N3O. The maximum Gasteiger partial charge on any atom is 0.316 e. The molecule has 1 atom stereocenters. The molecule has 1 aromatic rings. The molecule has 0 aromatic heterocycles. The van der Waals surface area contributed by atoms with E-state index in [0.717, 1.165) is 12.0 Å². The highest BCUT2D eigenvalue weighted by Crippen LogP contribution is 2.46. The summed E-state index contributed by atoms with van der Waals surface area (Å²) in [5.74, 6) is 1.17. The molecule has 1 aromatic carbocycles. The second-order valence-corrected chi connectivity index (χ2v) is 6.10. The normalized spacial score (nSPS) is 16.3. The van der Waals surface area contributed by atoms with Crippen LogP contribution in [0.1, 0.15) is 36.3 Å². The molecule has 1 aliphatic rings. The van der Waals surface area contributed by atoms with Gasteiger partial charge in [0.15, 0.2) is 0 Å². The number of hydrogen-bond donors (Lipinski definition) is 3. The maximum atomic E-state index is 10.9. The van der Waals surface area contributed by atoms with Gasteiger partial charge in [0.2, 0.25) is 0 Å². The van der Waals surface area contributed by atoms with Crippen LogP contribution in [-0.2, 0) is 0 Å². The molecule has 1 saturated carbocycles. The standard InChI is InChI=1S/C19H25N3O/c1-13-5-3-4-6-17(13)18(16-7-8-16)12-15(9-10-20)11-14(2)22-19(21)23/h3-6,9-11,16,18H,2,7-8,12,20H2,1H3,(H3,21,22,23)/b10-9-,15-11+. The Labute approximate surface area is 137 Å². The molecule has 2 amide bonds. The highest BCUT2D eigenvalue weighted by Gasteiger charge is 2.33. The monoisotopic (exact) mass is 311 g/mol. The Kier molecular flexibility index (Phi) is 5.63. The number of amides is 2. The van der Waals surface area contributed by atoms with Crippen molar-refractivity contribution in [3.63, 3.8) is 0 Å². The van der Waals surface area contributed by atoms with Crippen molar-refractivity contribution in [3.05, 3.63) is 71.6 Å². The van der Waals surface area contributed by atoms with Gasteiger partial charge in [-0.05, 0) is 73.1 Å². The first-order valence-electron chi connectivity index (χ1n) is 7.91. The zero-order valence-electron chi connectivity index (χ0n) is 13.6. The molecular weight excluding hydrogens is 286 g/mol. The van der Waals surface area contributed by atoms with Gasteiger partial charge in [-0.1, -0.05) is 30.8 Å². The molecule has 4 heteroatoms. The van der Waals surface area contributed by atoms with Crippen molar-refractivity contribution in [2.45, 2.75) is 32.1 Å². The Morgan fingerprint density at radius 2 is 2.13 bits per heavy atom. The fraction of sp³-hybridized carbons (Fsp3) is 0.316. The number of nitrogens with two attached hydrogens (primary N) is 2. The summed E-state index contributed by atoms with van der Waals surface area (Å²) in [7, 11) is 0. The van der Waals surface area contributed by atoms with E-state index >= 15 is 0 Å². The van der Waals surface area contributed by atoms with Gasteiger partial charge >= 0.3 is 6.03 Å². The van der Waals surface area contributed by atoms with Gasteiger partial charge in [0.25, 0.3) is 0 Å². The van der Waals surface area contributed by atoms with Crippen LogP contribution in [0.4, 0.5) is 4.79 Å². The van der Waals surface area contributed by atoms with E-state index in [-0.39, 0.29) is 0 Å². The first kappa shape index (κ1) is 16.9. The van der Waals surface area contributed by atoms with E-state index in [1.54, 1.807) is 0 Å². The number of benzene rings is 1. The molecule has 4 nitrogen and oxygen atoms in total. The van der Waals surface area contributed by atoms with Gasteiger partial charge in [-0.3, -0.25) is 0 Å². The third-order valence-electron chi connectivity index (χ3n) is 4.19. The van der Waals surface area contributed by atoms with Gasteiger partial charge in [-0.2, -0.15) is 0 Å². The van der Waals surface area contributed by atoms with Crippen LogP contribution < -0.4 is 16.8 Å². The van der Waals surface area contributed by atoms with Gasteiger partial charge in [0.1, 0.15) is 0 Å². The number of carbonyl (C=O) groups is 1. The van der Waals surface area contributed by atoms with Crippen LogP contribution in [0.2, 0.25) is 0 Å². The van der Waals surface area contributed by atoms with Crippen molar-refractivity contribution < 1.29 is 4.79 Å². The predicted octanol–water partition coefficient (Wildman–Crippen LogP) is 3.46. The summed E-state index contributed by atoms with van der Waals surface area (Å²) in [6.07, 6.45) is 8.61. The predicted molar refractivity (Wildman–Crippen MR) is 94.5 cm³/mol. The number of urea groups is 1. The Morgan fingerprint density at radius 1 is 1.43 bits per heavy atom. The van der Waals surface area contributed by atoms with E-state index in [4.69, 9.17) is 11.5 Å². The lowest BCUT2D eigenvalue weighted by molar-refractivity contribution is 0.251. The largest absolute Gasteiger partial charge is 0.405 e. The molecule has 2 rings (SSSR count). The van der Waals surface area contributed by atoms with Gasteiger partial charge in [-0.15, -0.1) is 0 Å². The summed E-state index contributed by atoms with van der Waals surface area (Å²) in [6, 6.07) is 7.91. The number of primary amides is 1. The third kappa shape index (κ3) is 5.02. The number of allylic oxidation sites excluding steroid dienone is 3. The highest BCUT2D eigenvalue weighted by molar-refractivity contribution is 5.74. The summed E-state index contributed by atoms with van der Waals surface area (Å²) in [5, 5.41) is 2.49. The number of hydrogen-bond acceptors (Lipinski definition) is 2. The quantitative estimate of drug-likeness (QED) is 0.674. The number of rotatable bonds is 7. The summed E-state index contributed by atoms with van der Waals surface area (Å²) in [5.41, 5.74) is 14.9. The van der Waals surface area contributed by atoms with Crippen LogP contribution >= 0.6 is 0 Å². The second kappa shape index (κ2) is 7.68. The smallest absolute Gasteiger partial charge is 0.316 e. The topological polar surface area (TPSA) is 81.1 Å². The van der Waals surface area contributed by atoms with Gasteiger partial charge in [-0.25, -0.2) is 4.79 Å². The fourth-order valence-corrected chi connectivity index (χ4v) is 3.00. The first-order valence-corrected chi connectivity index (χ1v) is 7.91. The summed E-state index contributed by atoms with van der Waals surface area (Å²) in [6.45, 7) is 5.97. The highest BCUT2D eigenvalue weighted by atomic mass is 16.2. The van der Waals surface area contributed by atoms with Crippen molar-refractivity contribution in [1.82, 2.24) is 5.32 Å². The SMILES string of the molecule is C=C(/C=C(\C=C/N)CC(c1ccccc1C)C1CC1)NC(N)=O. The van der Waals surface area contributed by atoms with Crippen LogP contribution in [0, 0.1) is 12.8 Å². The van der Waals surface area contributed by atoms with Gasteiger partial charge in [0, 0.05) is 5.70 Å². The molecule has 23 heavy (non-hydrogen) atoms. The van der Waals surface area contributed by atoms with Crippen molar-refractivity contribution in [3.8, 4) is 0 Å². The van der Waals surface area contributed by atoms with Gasteiger partial charge < -0.3 is 16.8 Å². The molecule has 122 valence electrons. The van der Waals surface area contributed by atoms with E-state index in [0.29, 0.717) is 17.5 Å². The first-order chi connectivity index (χ1) is 11.0. The fourth-order valence-electron chi connectivity index (χ4n) is 3.00. The molecule has 1 aliphatic carbocycles. The van der Waals surface area contributed by atoms with E-state index in [9.17, 15) is 4.79 Å². The number of nitrogens with one attached hydrogen (secondary N) is 1. The molecule has 1 fully saturated rings. The third-order valence-corrected chi connectivity index (χ3v) is 4.19. The molecule has 1 unspecified atom stereocenters. The van der Waals surface area contributed by atoms with Crippen molar-refractivity contribution in [2.24, 2.45) is 17.4 Å². The van der Waals surface area contributed by atoms with Crippen LogP contribution in [0.25, 0.3) is 0 Å². The summed E-state index contributed by atoms with van der Waals surface area (Å²) in [4.78, 5) is 10.9. The molecule has 0 bridgehead atoms. The average molecular weight is 311 g/mol. The Bertz CT molecular complexity index is 642. The van der Waals surface area contributed by atoms with E-state index in [1.807, 2.05) is 12.2 Å². The van der Waals surface area contributed by atoms with E-state index in [2.05, 4.69) is 43.1 Å². The number of carbonyl (C=O) groups excluding carboxylic acids is 1. The zero-order chi connectivity index (χ0) is 16.8. The van der Waals surface area contributed by atoms with Crippen LogP contribution in [0.3, 0.4) is 0 Å². The van der Waals surface area contributed by atoms with Crippen molar-refractivity contribution in [2.75, 3.05) is 0 Å². The van der Waals surface area contributed by atoms with Crippen LogP contribution in [0.5, 0.6) is 0 Å². The van der Waals surface area contributed by atoms with Crippen LogP contribution in [0.15, 0.2) is 60.5 Å². The summed E-state index contributed by atoms with van der Waals surface area (Å²) >= 11 is 0. The zero-order valence-corrected chi connectivity index (χ0v) is 13.6. The van der Waals surface area contributed by atoms with Crippen LogP contribution in [-0.4, -0.2) is 6.03 Å². The molecule has 0 spiro atoms. The Hall–Kier alpha value is -2.49. The lowest BCUT2D eigenvalue weighted by Crippen LogP contribution is -2.27. The summed E-state index contributed by atoms with van der Waals surface area (Å²) < 4.78 is 0. The minimum Gasteiger partial charge on any atom is -0.405 e. The van der Waals surface area contributed by atoms with E-state index in [1.165, 1.54) is 30.2 Å². The minimum absolute atomic E-state index is 0.458. The lowest BCUT2D eigenvalue weighted by Gasteiger charge is -2.20. The van der Waals surface area contributed by atoms with Crippen molar-refractivity contribution in [1.29, 1.82) is 0 Å². The Balaban J connectivity index is 2.22. The molecule has 0 radical (unpaired) electrons. The lowest BCUT2D eigenvalue weighted by atomic mass is 9.85. The Morgan fingerprint density at radius 3 is 2.70 bits per heavy atom. The second-order valence-electron chi connectivity index (χ2n) is 6.10. The average Bonchev–Trinajstić information content (AvgIpc) is 3.29. The molecule has 0 saturated heterocycles. The minimum atomic E-state index is -0.611.